The van der Waals surface area contributed by atoms with E-state index in [4.69, 9.17) is 4.74 Å². The first kappa shape index (κ1) is 20.2. The van der Waals surface area contributed by atoms with Crippen LogP contribution in [0.2, 0.25) is 0 Å². The fourth-order valence-corrected chi connectivity index (χ4v) is 5.48. The summed E-state index contributed by atoms with van der Waals surface area (Å²) in [5, 5.41) is 9.52. The first-order valence-corrected chi connectivity index (χ1v) is 11.6. The van der Waals surface area contributed by atoms with Crippen LogP contribution in [0.1, 0.15) is 38.4 Å². The summed E-state index contributed by atoms with van der Waals surface area (Å²) in [7, 11) is 0. The quantitative estimate of drug-likeness (QED) is 0.587. The van der Waals surface area contributed by atoms with Crippen molar-refractivity contribution in [3.05, 3.63) is 41.8 Å². The van der Waals surface area contributed by atoms with Crippen molar-refractivity contribution >= 4 is 22.5 Å². The Morgan fingerprint density at radius 1 is 1.19 bits per heavy atom. The van der Waals surface area contributed by atoms with E-state index in [0.29, 0.717) is 35.6 Å². The number of hydrogen-bond donors (Lipinski definition) is 1. The molecule has 7 nitrogen and oxygen atoms in total. The molecule has 2 bridgehead atoms. The Balaban J connectivity index is 1.32. The minimum absolute atomic E-state index is 0.0692. The second-order valence-electron chi connectivity index (χ2n) is 8.79. The van der Waals surface area contributed by atoms with Gasteiger partial charge in [-0.3, -0.25) is 0 Å². The molecule has 164 valence electrons. The monoisotopic (exact) mass is 442 g/mol. The molecular formula is C22H27FN6OS. The van der Waals surface area contributed by atoms with Gasteiger partial charge in [-0.2, -0.15) is 9.36 Å². The molecule has 2 aliphatic rings. The highest BCUT2D eigenvalue weighted by molar-refractivity contribution is 7.10. The standard InChI is InChI=1S/C22H27FN6OS/c1-13(2)29-22(30-18-6-4-5-17(23)10-18)25-21(26-29)24-20-15-7-8-16(20)12-28(11-15)19-9-14(3)27-31-19/h4-6,9-10,13,15-16,20H,7-8,11-12H2,1-3H3,(H,24,26)/t15-,16+,20-. The number of halogens is 1. The third-order valence-corrected chi connectivity index (χ3v) is 7.09. The van der Waals surface area contributed by atoms with Crippen LogP contribution in [0, 0.1) is 24.6 Å². The molecule has 2 fully saturated rings. The van der Waals surface area contributed by atoms with E-state index >= 15 is 0 Å². The van der Waals surface area contributed by atoms with Crippen molar-refractivity contribution in [2.75, 3.05) is 23.3 Å². The number of fused-ring (bicyclic) bond motifs is 2. The molecule has 0 unspecified atom stereocenters. The maximum atomic E-state index is 13.5. The molecule has 5 rings (SSSR count). The maximum Gasteiger partial charge on any atom is 0.322 e. The molecule has 0 spiro atoms. The number of aromatic nitrogens is 4. The highest BCUT2D eigenvalue weighted by Gasteiger charge is 2.43. The molecule has 31 heavy (non-hydrogen) atoms. The molecule has 1 N–H and O–H groups in total. The number of nitrogens with zero attached hydrogens (tertiary/aromatic N) is 5. The molecule has 1 aliphatic heterocycles. The molecule has 0 amide bonds. The third-order valence-electron chi connectivity index (χ3n) is 6.15. The van der Waals surface area contributed by atoms with E-state index in [2.05, 4.69) is 30.7 Å². The Morgan fingerprint density at radius 3 is 2.61 bits per heavy atom. The SMILES string of the molecule is Cc1cc(N2C[C@H]3CC[C@@H](C2)[C@@H]3Nc2nc(Oc3cccc(F)c3)n(C(C)C)n2)sn1. The first-order valence-electron chi connectivity index (χ1n) is 10.8. The lowest BCUT2D eigenvalue weighted by Crippen LogP contribution is -2.48. The number of benzene rings is 1. The van der Waals surface area contributed by atoms with Gasteiger partial charge in [0.25, 0.3) is 0 Å². The number of piperidine rings is 1. The van der Waals surface area contributed by atoms with Gasteiger partial charge in [0.2, 0.25) is 5.95 Å². The summed E-state index contributed by atoms with van der Waals surface area (Å²) in [5.74, 6) is 1.73. The number of hydrogen-bond acceptors (Lipinski definition) is 7. The van der Waals surface area contributed by atoms with Gasteiger partial charge in [-0.25, -0.2) is 9.07 Å². The zero-order chi connectivity index (χ0) is 21.5. The van der Waals surface area contributed by atoms with Crippen LogP contribution < -0.4 is 15.0 Å². The number of rotatable bonds is 6. The van der Waals surface area contributed by atoms with Crippen LogP contribution in [0.25, 0.3) is 0 Å². The normalized spacial score (nSPS) is 22.9. The van der Waals surface area contributed by atoms with Crippen LogP contribution in [0.4, 0.5) is 15.3 Å². The fourth-order valence-electron chi connectivity index (χ4n) is 4.70. The van der Waals surface area contributed by atoms with Crippen LogP contribution in [-0.2, 0) is 0 Å². The average Bonchev–Trinajstić information content (AvgIpc) is 3.39. The van der Waals surface area contributed by atoms with Crippen molar-refractivity contribution in [1.82, 2.24) is 19.1 Å². The lowest BCUT2D eigenvalue weighted by Gasteiger charge is -2.38. The highest BCUT2D eigenvalue weighted by Crippen LogP contribution is 2.41. The Bertz CT molecular complexity index is 1050. The van der Waals surface area contributed by atoms with Gasteiger partial charge in [0.15, 0.2) is 0 Å². The summed E-state index contributed by atoms with van der Waals surface area (Å²) >= 11 is 1.59. The lowest BCUT2D eigenvalue weighted by atomic mass is 9.92. The predicted octanol–water partition coefficient (Wildman–Crippen LogP) is 4.88. The van der Waals surface area contributed by atoms with Crippen LogP contribution in [0.15, 0.2) is 30.3 Å². The van der Waals surface area contributed by atoms with Crippen LogP contribution in [0.3, 0.4) is 0 Å². The second-order valence-corrected chi connectivity index (χ2v) is 9.58. The summed E-state index contributed by atoms with van der Waals surface area (Å²) in [6.45, 7) is 8.13. The fraction of sp³-hybridized carbons (Fsp3) is 0.500. The average molecular weight is 443 g/mol. The van der Waals surface area contributed by atoms with Gasteiger partial charge in [-0.15, -0.1) is 5.10 Å². The van der Waals surface area contributed by atoms with Crippen LogP contribution >= 0.6 is 11.5 Å². The molecule has 3 aromatic rings. The molecular weight excluding hydrogens is 415 g/mol. The highest BCUT2D eigenvalue weighted by atomic mass is 32.1. The Kier molecular flexibility index (Phi) is 5.29. The number of ether oxygens (including phenoxy) is 1. The van der Waals surface area contributed by atoms with Gasteiger partial charge in [-0.1, -0.05) is 6.07 Å². The van der Waals surface area contributed by atoms with E-state index < -0.39 is 0 Å². The van der Waals surface area contributed by atoms with E-state index in [0.717, 1.165) is 18.8 Å². The molecule has 2 aromatic heterocycles. The Morgan fingerprint density at radius 2 is 1.97 bits per heavy atom. The van der Waals surface area contributed by atoms with E-state index in [1.807, 2.05) is 20.8 Å². The largest absolute Gasteiger partial charge is 0.424 e. The van der Waals surface area contributed by atoms with Crippen LogP contribution in [-0.4, -0.2) is 38.3 Å². The van der Waals surface area contributed by atoms with Gasteiger partial charge in [-0.05, 0) is 75.2 Å². The van der Waals surface area contributed by atoms with Crippen molar-refractivity contribution in [3.63, 3.8) is 0 Å². The molecule has 3 atom stereocenters. The second kappa shape index (κ2) is 8.11. The topological polar surface area (TPSA) is 68.1 Å². The van der Waals surface area contributed by atoms with E-state index in [-0.39, 0.29) is 11.9 Å². The third kappa shape index (κ3) is 4.11. The van der Waals surface area contributed by atoms with Gasteiger partial charge in [0.05, 0.1) is 11.7 Å². The summed E-state index contributed by atoms with van der Waals surface area (Å²) in [4.78, 5) is 7.08. The number of aryl methyl sites for hydroxylation is 1. The zero-order valence-corrected chi connectivity index (χ0v) is 18.8. The molecule has 1 aromatic carbocycles. The molecule has 1 aliphatic carbocycles. The summed E-state index contributed by atoms with van der Waals surface area (Å²) in [6, 6.07) is 9.04. The van der Waals surface area contributed by atoms with Crippen molar-refractivity contribution < 1.29 is 9.13 Å². The Labute approximate surface area is 185 Å². The van der Waals surface area contributed by atoms with Crippen molar-refractivity contribution in [2.24, 2.45) is 11.8 Å². The van der Waals surface area contributed by atoms with Crippen molar-refractivity contribution in [1.29, 1.82) is 0 Å². The first-order chi connectivity index (χ1) is 15.0. The van der Waals surface area contributed by atoms with Gasteiger partial charge >= 0.3 is 6.01 Å². The summed E-state index contributed by atoms with van der Waals surface area (Å²) < 4.78 is 25.6. The molecule has 9 heteroatoms. The van der Waals surface area contributed by atoms with Crippen molar-refractivity contribution in [3.8, 4) is 11.8 Å². The number of anilines is 2. The van der Waals surface area contributed by atoms with Gasteiger partial charge in [0, 0.05) is 25.2 Å². The lowest BCUT2D eigenvalue weighted by molar-refractivity contribution is 0.374. The molecule has 1 saturated heterocycles. The molecule has 3 heterocycles. The number of nitrogens with one attached hydrogen (secondary N) is 1. The van der Waals surface area contributed by atoms with Gasteiger partial charge in [0.1, 0.15) is 16.6 Å². The van der Waals surface area contributed by atoms with Crippen molar-refractivity contribution in [2.45, 2.75) is 45.7 Å². The summed E-state index contributed by atoms with van der Waals surface area (Å²) in [6.07, 6.45) is 2.41. The van der Waals surface area contributed by atoms with E-state index in [9.17, 15) is 4.39 Å². The minimum atomic E-state index is -0.342. The van der Waals surface area contributed by atoms with Gasteiger partial charge < -0.3 is 15.0 Å². The molecule has 1 saturated carbocycles. The smallest absolute Gasteiger partial charge is 0.322 e. The van der Waals surface area contributed by atoms with E-state index in [1.54, 1.807) is 28.3 Å². The minimum Gasteiger partial charge on any atom is -0.424 e. The molecule has 0 radical (unpaired) electrons. The van der Waals surface area contributed by atoms with E-state index in [1.165, 1.54) is 30.0 Å². The van der Waals surface area contributed by atoms with Crippen LogP contribution in [0.5, 0.6) is 11.8 Å². The summed E-state index contributed by atoms with van der Waals surface area (Å²) in [5.41, 5.74) is 1.09. The predicted molar refractivity (Wildman–Crippen MR) is 120 cm³/mol. The maximum absolute atomic E-state index is 13.5. The Hall–Kier alpha value is -2.68. The zero-order valence-electron chi connectivity index (χ0n) is 18.0.